The quantitative estimate of drug-likeness (QED) is 0.530. The van der Waals surface area contributed by atoms with Crippen LogP contribution in [-0.2, 0) is 0 Å². The largest absolute Gasteiger partial charge is 0.403 e. The third-order valence-corrected chi connectivity index (χ3v) is 1.14. The topological polar surface area (TPSA) is 41.3 Å². The van der Waals surface area contributed by atoms with Crippen LogP contribution in [0, 0.1) is 0 Å². The van der Waals surface area contributed by atoms with Crippen LogP contribution < -0.4 is 11.1 Å². The van der Waals surface area contributed by atoms with Crippen LogP contribution in [0.5, 0.6) is 0 Å². The highest BCUT2D eigenvalue weighted by Crippen LogP contribution is 1.79. The molecule has 0 amide bonds. The molecule has 0 aliphatic heterocycles. The number of hydrogen-bond donors (Lipinski definition) is 2. The number of nitrogens with one attached hydrogen (secondary N) is 1. The van der Waals surface area contributed by atoms with E-state index in [9.17, 15) is 0 Å². The molecule has 0 saturated carbocycles. The Labute approximate surface area is 62.9 Å². The molecule has 0 heterocycles. The first-order chi connectivity index (χ1) is 4.77. The molecule has 3 heteroatoms. The average molecular weight is 143 g/mol. The van der Waals surface area contributed by atoms with E-state index in [-0.39, 0.29) is 0 Å². The molecule has 0 saturated heterocycles. The van der Waals surface area contributed by atoms with Gasteiger partial charge < -0.3 is 16.0 Å². The highest BCUT2D eigenvalue weighted by atomic mass is 15.0. The van der Waals surface area contributed by atoms with Crippen molar-refractivity contribution in [2.24, 2.45) is 5.73 Å². The summed E-state index contributed by atoms with van der Waals surface area (Å²) >= 11 is 0. The van der Waals surface area contributed by atoms with Crippen molar-refractivity contribution in [1.82, 2.24) is 10.2 Å². The Balaban J connectivity index is 2.91. The van der Waals surface area contributed by atoms with Crippen LogP contribution >= 0.6 is 0 Å². The fourth-order valence-corrected chi connectivity index (χ4v) is 0.649. The van der Waals surface area contributed by atoms with Gasteiger partial charge in [-0.05, 0) is 27.1 Å². The minimum absolute atomic E-state index is 0.992. The summed E-state index contributed by atoms with van der Waals surface area (Å²) in [5.74, 6) is 0. The summed E-state index contributed by atoms with van der Waals surface area (Å²) in [5.41, 5.74) is 5.12. The lowest BCUT2D eigenvalue weighted by atomic mass is 10.4. The second kappa shape index (κ2) is 6.42. The Kier molecular flexibility index (Phi) is 5.97. The minimum atomic E-state index is 0.992. The zero-order valence-corrected chi connectivity index (χ0v) is 6.80. The standard InChI is InChI=1S/C7H17N3/c1-10(2)7-3-5-9-6-4-8/h4,6,9H,3,5,7-8H2,1-2H3/b6-4-. The normalized spacial score (nSPS) is 11.1. The molecule has 3 N–H and O–H groups in total. The summed E-state index contributed by atoms with van der Waals surface area (Å²) in [7, 11) is 4.14. The van der Waals surface area contributed by atoms with Gasteiger partial charge in [0.15, 0.2) is 0 Å². The van der Waals surface area contributed by atoms with Gasteiger partial charge in [0.1, 0.15) is 0 Å². The van der Waals surface area contributed by atoms with Gasteiger partial charge in [0.25, 0.3) is 0 Å². The van der Waals surface area contributed by atoms with E-state index in [0.717, 1.165) is 19.5 Å². The Hall–Kier alpha value is -0.700. The summed E-state index contributed by atoms with van der Waals surface area (Å²) < 4.78 is 0. The fraction of sp³-hybridized carbons (Fsp3) is 0.714. The van der Waals surface area contributed by atoms with Crippen molar-refractivity contribution in [3.8, 4) is 0 Å². The van der Waals surface area contributed by atoms with Gasteiger partial charge in [-0.25, -0.2) is 0 Å². The van der Waals surface area contributed by atoms with Crippen LogP contribution in [0.25, 0.3) is 0 Å². The van der Waals surface area contributed by atoms with Crippen molar-refractivity contribution in [2.45, 2.75) is 6.42 Å². The summed E-state index contributed by atoms with van der Waals surface area (Å²) in [6.07, 6.45) is 4.42. The predicted molar refractivity (Wildman–Crippen MR) is 44.5 cm³/mol. The summed E-state index contributed by atoms with van der Waals surface area (Å²) in [6.45, 7) is 2.11. The van der Waals surface area contributed by atoms with Gasteiger partial charge >= 0.3 is 0 Å². The van der Waals surface area contributed by atoms with Gasteiger partial charge in [0.05, 0.1) is 0 Å². The second-order valence-electron chi connectivity index (χ2n) is 2.47. The van der Waals surface area contributed by atoms with Crippen molar-refractivity contribution < 1.29 is 0 Å². The van der Waals surface area contributed by atoms with Gasteiger partial charge in [-0.3, -0.25) is 0 Å². The maximum atomic E-state index is 5.12. The Morgan fingerprint density at radius 2 is 2.20 bits per heavy atom. The fourth-order valence-electron chi connectivity index (χ4n) is 0.649. The molecule has 0 unspecified atom stereocenters. The molecule has 0 fully saturated rings. The molecule has 0 bridgehead atoms. The van der Waals surface area contributed by atoms with E-state index in [2.05, 4.69) is 24.3 Å². The molecule has 0 atom stereocenters. The Bertz CT molecular complexity index is 88.9. The monoisotopic (exact) mass is 143 g/mol. The van der Waals surface area contributed by atoms with E-state index >= 15 is 0 Å². The van der Waals surface area contributed by atoms with Crippen LogP contribution in [0.3, 0.4) is 0 Å². The van der Waals surface area contributed by atoms with E-state index in [0.29, 0.717) is 0 Å². The Morgan fingerprint density at radius 3 is 2.70 bits per heavy atom. The number of rotatable bonds is 5. The molecule has 0 aromatic rings. The molecule has 60 valence electrons. The van der Waals surface area contributed by atoms with Crippen LogP contribution in [0.4, 0.5) is 0 Å². The number of hydrogen-bond acceptors (Lipinski definition) is 3. The predicted octanol–water partition coefficient (Wildman–Crippen LogP) is -0.0424. The lowest BCUT2D eigenvalue weighted by Gasteiger charge is -2.08. The molecular weight excluding hydrogens is 126 g/mol. The van der Waals surface area contributed by atoms with Crippen LogP contribution in [0.15, 0.2) is 12.4 Å². The molecule has 3 nitrogen and oxygen atoms in total. The molecule has 10 heavy (non-hydrogen) atoms. The first kappa shape index (κ1) is 9.30. The average Bonchev–Trinajstić information content (AvgIpc) is 1.87. The third kappa shape index (κ3) is 7.30. The summed E-state index contributed by atoms with van der Waals surface area (Å²) in [5, 5.41) is 3.06. The number of nitrogens with two attached hydrogens (primary N) is 1. The maximum Gasteiger partial charge on any atom is 0.0154 e. The van der Waals surface area contributed by atoms with E-state index in [1.807, 2.05) is 0 Å². The molecule has 0 aromatic carbocycles. The van der Waals surface area contributed by atoms with Crippen molar-refractivity contribution in [3.05, 3.63) is 12.4 Å². The zero-order valence-electron chi connectivity index (χ0n) is 6.80. The van der Waals surface area contributed by atoms with Crippen LogP contribution in [-0.4, -0.2) is 32.1 Å². The molecule has 0 aliphatic rings. The van der Waals surface area contributed by atoms with Gasteiger partial charge in [-0.2, -0.15) is 0 Å². The lowest BCUT2D eigenvalue weighted by molar-refractivity contribution is 0.399. The highest BCUT2D eigenvalue weighted by Gasteiger charge is 1.86. The minimum Gasteiger partial charge on any atom is -0.403 e. The van der Waals surface area contributed by atoms with E-state index in [4.69, 9.17) is 5.73 Å². The smallest absolute Gasteiger partial charge is 0.0154 e. The van der Waals surface area contributed by atoms with E-state index in [1.165, 1.54) is 6.20 Å². The van der Waals surface area contributed by atoms with E-state index < -0.39 is 0 Å². The summed E-state index contributed by atoms with van der Waals surface area (Å²) in [4.78, 5) is 2.16. The van der Waals surface area contributed by atoms with E-state index in [1.54, 1.807) is 6.20 Å². The SMILES string of the molecule is CN(C)CCCN/C=C\N. The summed E-state index contributed by atoms with van der Waals surface area (Å²) in [6, 6.07) is 0. The zero-order chi connectivity index (χ0) is 7.82. The van der Waals surface area contributed by atoms with Gasteiger partial charge in [-0.1, -0.05) is 0 Å². The van der Waals surface area contributed by atoms with Crippen LogP contribution in [0.2, 0.25) is 0 Å². The first-order valence-corrected chi connectivity index (χ1v) is 3.52. The first-order valence-electron chi connectivity index (χ1n) is 3.52. The van der Waals surface area contributed by atoms with Crippen molar-refractivity contribution in [1.29, 1.82) is 0 Å². The van der Waals surface area contributed by atoms with Gasteiger partial charge in [0.2, 0.25) is 0 Å². The van der Waals surface area contributed by atoms with Crippen molar-refractivity contribution in [2.75, 3.05) is 27.2 Å². The molecule has 0 aliphatic carbocycles. The number of nitrogens with zero attached hydrogens (tertiary/aromatic N) is 1. The maximum absolute atomic E-state index is 5.12. The van der Waals surface area contributed by atoms with Gasteiger partial charge in [-0.15, -0.1) is 0 Å². The molecular formula is C7H17N3. The van der Waals surface area contributed by atoms with Crippen molar-refractivity contribution in [3.63, 3.8) is 0 Å². The van der Waals surface area contributed by atoms with Gasteiger partial charge in [0, 0.05) is 18.9 Å². The molecule has 0 radical (unpaired) electrons. The Morgan fingerprint density at radius 1 is 1.50 bits per heavy atom. The molecule has 0 rings (SSSR count). The molecule has 0 spiro atoms. The van der Waals surface area contributed by atoms with Crippen LogP contribution in [0.1, 0.15) is 6.42 Å². The molecule has 0 aromatic heterocycles. The second-order valence-corrected chi connectivity index (χ2v) is 2.47. The van der Waals surface area contributed by atoms with Crippen molar-refractivity contribution >= 4 is 0 Å². The lowest BCUT2D eigenvalue weighted by Crippen LogP contribution is -2.18. The highest BCUT2D eigenvalue weighted by molar-refractivity contribution is 4.72. The third-order valence-electron chi connectivity index (χ3n) is 1.14.